The van der Waals surface area contributed by atoms with Crippen LogP contribution >= 0.6 is 0 Å². The zero-order chi connectivity index (χ0) is 15.9. The van der Waals surface area contributed by atoms with E-state index < -0.39 is 11.9 Å². The van der Waals surface area contributed by atoms with Crippen molar-refractivity contribution < 1.29 is 19.4 Å². The largest absolute Gasteiger partial charge is 0.484 e. The summed E-state index contributed by atoms with van der Waals surface area (Å²) >= 11 is 0. The maximum atomic E-state index is 11.3. The highest BCUT2D eigenvalue weighted by molar-refractivity contribution is 5.89. The third kappa shape index (κ3) is 4.07. The molecule has 2 aromatic carbocycles. The van der Waals surface area contributed by atoms with Gasteiger partial charge in [-0.25, -0.2) is 10.6 Å². The lowest BCUT2D eigenvalue weighted by Crippen LogP contribution is -2.34. The Bertz CT molecular complexity index is 671. The van der Waals surface area contributed by atoms with Crippen molar-refractivity contribution in [1.82, 2.24) is 5.43 Å². The van der Waals surface area contributed by atoms with Crippen molar-refractivity contribution in [3.8, 4) is 5.75 Å². The van der Waals surface area contributed by atoms with Gasteiger partial charge in [0.2, 0.25) is 0 Å². The summed E-state index contributed by atoms with van der Waals surface area (Å²) in [5.41, 5.74) is 3.77. The van der Waals surface area contributed by atoms with Crippen molar-refractivity contribution in [3.05, 3.63) is 65.2 Å². The first kappa shape index (κ1) is 15.5. The number of carboxylic acid groups (broad SMARTS) is 1. The minimum Gasteiger partial charge on any atom is -0.484 e. The van der Waals surface area contributed by atoms with E-state index >= 15 is 0 Å². The van der Waals surface area contributed by atoms with Crippen LogP contribution in [-0.2, 0) is 11.2 Å². The molecule has 2 rings (SSSR count). The van der Waals surface area contributed by atoms with E-state index in [1.54, 1.807) is 6.07 Å². The summed E-state index contributed by atoms with van der Waals surface area (Å²) < 4.78 is 5.29. The van der Waals surface area contributed by atoms with Crippen molar-refractivity contribution in [1.29, 1.82) is 0 Å². The lowest BCUT2D eigenvalue weighted by Gasteiger charge is -2.10. The Morgan fingerprint density at radius 3 is 2.50 bits per heavy atom. The van der Waals surface area contributed by atoms with Crippen LogP contribution in [0.4, 0.5) is 0 Å². The molecule has 0 fully saturated rings. The van der Waals surface area contributed by atoms with E-state index in [-0.39, 0.29) is 12.2 Å². The van der Waals surface area contributed by atoms with Crippen LogP contribution in [0.2, 0.25) is 0 Å². The van der Waals surface area contributed by atoms with Gasteiger partial charge in [0.15, 0.2) is 6.61 Å². The second-order valence-electron chi connectivity index (χ2n) is 4.64. The summed E-state index contributed by atoms with van der Waals surface area (Å²) in [4.78, 5) is 22.4. The number of nitrogens with one attached hydrogen (secondary N) is 1. The summed E-state index contributed by atoms with van der Waals surface area (Å²) in [5.74, 6) is 3.92. The van der Waals surface area contributed by atoms with Crippen molar-refractivity contribution >= 4 is 11.9 Å². The minimum absolute atomic E-state index is 0.208. The predicted molar refractivity (Wildman–Crippen MR) is 80.5 cm³/mol. The van der Waals surface area contributed by atoms with Crippen LogP contribution in [0.1, 0.15) is 21.5 Å². The predicted octanol–water partition coefficient (Wildman–Crippen LogP) is 1.34. The van der Waals surface area contributed by atoms with Gasteiger partial charge >= 0.3 is 5.97 Å². The first-order chi connectivity index (χ1) is 10.6. The first-order valence-electron chi connectivity index (χ1n) is 6.62. The maximum Gasteiger partial charge on any atom is 0.335 e. The summed E-state index contributed by atoms with van der Waals surface area (Å²) in [7, 11) is 0. The molecular formula is C16H16N2O4. The van der Waals surface area contributed by atoms with Crippen molar-refractivity contribution in [2.24, 2.45) is 5.84 Å². The molecule has 0 unspecified atom stereocenters. The molecule has 0 bridgehead atoms. The molecule has 0 saturated heterocycles. The highest BCUT2D eigenvalue weighted by Crippen LogP contribution is 2.21. The van der Waals surface area contributed by atoms with E-state index in [2.05, 4.69) is 0 Å². The molecule has 0 aliphatic heterocycles. The van der Waals surface area contributed by atoms with Gasteiger partial charge < -0.3 is 9.84 Å². The van der Waals surface area contributed by atoms with Crippen LogP contribution in [0.3, 0.4) is 0 Å². The summed E-state index contributed by atoms with van der Waals surface area (Å²) in [5, 5.41) is 9.27. The van der Waals surface area contributed by atoms with Crippen molar-refractivity contribution in [2.75, 3.05) is 6.61 Å². The van der Waals surface area contributed by atoms with Gasteiger partial charge in [0, 0.05) is 0 Å². The lowest BCUT2D eigenvalue weighted by atomic mass is 9.99. The van der Waals surface area contributed by atoms with Crippen LogP contribution in [-0.4, -0.2) is 23.6 Å². The van der Waals surface area contributed by atoms with Gasteiger partial charge in [-0.2, -0.15) is 0 Å². The minimum atomic E-state index is -1.00. The quantitative estimate of drug-likeness (QED) is 0.424. The lowest BCUT2D eigenvalue weighted by molar-refractivity contribution is -0.123. The number of rotatable bonds is 6. The molecule has 2 aromatic rings. The number of carboxylic acids is 1. The number of aromatic carboxylic acids is 1. The number of amides is 1. The van der Waals surface area contributed by atoms with E-state index in [1.807, 2.05) is 35.8 Å². The highest BCUT2D eigenvalue weighted by atomic mass is 16.5. The molecule has 114 valence electrons. The standard InChI is InChI=1S/C16H16N2O4/c17-18-15(19)10-22-13-6-7-14(16(20)21)12(9-13)8-11-4-2-1-3-5-11/h1-7,9H,8,10,17H2,(H,18,19)(H,20,21). The molecule has 0 aromatic heterocycles. The number of carbonyl (C=O) groups excluding carboxylic acids is 1. The summed E-state index contributed by atoms with van der Waals surface area (Å²) in [6.45, 7) is -0.228. The summed E-state index contributed by atoms with van der Waals surface area (Å²) in [6, 6.07) is 14.1. The third-order valence-corrected chi connectivity index (χ3v) is 3.08. The smallest absolute Gasteiger partial charge is 0.335 e. The van der Waals surface area contributed by atoms with E-state index in [0.717, 1.165) is 5.56 Å². The van der Waals surface area contributed by atoms with Gasteiger partial charge in [0.1, 0.15) is 5.75 Å². The molecule has 0 saturated carbocycles. The van der Waals surface area contributed by atoms with Gasteiger partial charge in [-0.1, -0.05) is 30.3 Å². The van der Waals surface area contributed by atoms with E-state index in [9.17, 15) is 14.7 Å². The molecule has 0 heterocycles. The molecule has 1 amide bonds. The van der Waals surface area contributed by atoms with Gasteiger partial charge in [0.25, 0.3) is 5.91 Å². The Morgan fingerprint density at radius 1 is 1.14 bits per heavy atom. The van der Waals surface area contributed by atoms with Crippen molar-refractivity contribution in [2.45, 2.75) is 6.42 Å². The average molecular weight is 300 g/mol. The molecule has 0 aliphatic carbocycles. The fourth-order valence-electron chi connectivity index (χ4n) is 2.02. The molecule has 22 heavy (non-hydrogen) atoms. The molecule has 0 spiro atoms. The average Bonchev–Trinajstić information content (AvgIpc) is 2.53. The molecule has 0 atom stereocenters. The van der Waals surface area contributed by atoms with E-state index in [4.69, 9.17) is 10.6 Å². The number of carbonyl (C=O) groups is 2. The normalized spacial score (nSPS) is 10.0. The number of hydrazine groups is 1. The number of nitrogens with two attached hydrogens (primary N) is 1. The number of ether oxygens (including phenoxy) is 1. The molecule has 6 heteroatoms. The SMILES string of the molecule is NNC(=O)COc1ccc(C(=O)O)c(Cc2ccccc2)c1. The molecule has 0 aliphatic rings. The second-order valence-corrected chi connectivity index (χ2v) is 4.64. The zero-order valence-electron chi connectivity index (χ0n) is 11.8. The van der Waals surface area contributed by atoms with Crippen LogP contribution in [0.5, 0.6) is 5.75 Å². The van der Waals surface area contributed by atoms with Crippen LogP contribution < -0.4 is 16.0 Å². The zero-order valence-corrected chi connectivity index (χ0v) is 11.8. The van der Waals surface area contributed by atoms with Crippen LogP contribution in [0.25, 0.3) is 0 Å². The number of benzene rings is 2. The van der Waals surface area contributed by atoms with E-state index in [0.29, 0.717) is 17.7 Å². The maximum absolute atomic E-state index is 11.3. The van der Waals surface area contributed by atoms with Crippen molar-refractivity contribution in [3.63, 3.8) is 0 Å². The first-order valence-corrected chi connectivity index (χ1v) is 6.62. The molecule has 6 nitrogen and oxygen atoms in total. The Kier molecular flexibility index (Phi) is 5.11. The van der Waals surface area contributed by atoms with Gasteiger partial charge in [-0.15, -0.1) is 0 Å². The Hall–Kier alpha value is -2.86. The van der Waals surface area contributed by atoms with Crippen LogP contribution in [0, 0.1) is 0 Å². The fourth-order valence-corrected chi connectivity index (χ4v) is 2.02. The fraction of sp³-hybridized carbons (Fsp3) is 0.125. The molecule has 0 radical (unpaired) electrons. The van der Waals surface area contributed by atoms with E-state index in [1.165, 1.54) is 12.1 Å². The monoisotopic (exact) mass is 300 g/mol. The molecular weight excluding hydrogens is 284 g/mol. The van der Waals surface area contributed by atoms with Gasteiger partial charge in [0.05, 0.1) is 5.56 Å². The van der Waals surface area contributed by atoms with Gasteiger partial charge in [-0.3, -0.25) is 10.2 Å². The topological polar surface area (TPSA) is 102 Å². The third-order valence-electron chi connectivity index (χ3n) is 3.08. The Morgan fingerprint density at radius 2 is 1.86 bits per heavy atom. The van der Waals surface area contributed by atoms with Crippen LogP contribution in [0.15, 0.2) is 48.5 Å². The molecule has 4 N–H and O–H groups in total. The number of hydrogen-bond donors (Lipinski definition) is 3. The number of hydrogen-bond acceptors (Lipinski definition) is 4. The highest BCUT2D eigenvalue weighted by Gasteiger charge is 2.12. The van der Waals surface area contributed by atoms with Gasteiger partial charge in [-0.05, 0) is 35.7 Å². The Balaban J connectivity index is 2.24. The Labute approximate surface area is 127 Å². The second kappa shape index (κ2) is 7.24. The summed E-state index contributed by atoms with van der Waals surface area (Å²) in [6.07, 6.45) is 0.461.